The molecule has 0 aromatic heterocycles. The van der Waals surface area contributed by atoms with Gasteiger partial charge >= 0.3 is 0 Å². The van der Waals surface area contributed by atoms with Crippen LogP contribution in [-0.2, 0) is 14.8 Å². The highest BCUT2D eigenvalue weighted by atomic mass is 79.9. The summed E-state index contributed by atoms with van der Waals surface area (Å²) in [7, 11) is -3.58. The molecule has 4 nitrogen and oxygen atoms in total. The van der Waals surface area contributed by atoms with Crippen LogP contribution in [0.5, 0.6) is 0 Å². The number of ether oxygens (including phenoxy) is 1. The molecule has 0 radical (unpaired) electrons. The lowest BCUT2D eigenvalue weighted by atomic mass is 10.2. The van der Waals surface area contributed by atoms with Crippen LogP contribution in [0.1, 0.15) is 6.92 Å². The average Bonchev–Trinajstić information content (AvgIpc) is 2.39. The van der Waals surface area contributed by atoms with Crippen LogP contribution in [0.25, 0.3) is 0 Å². The molecular weight excluding hydrogens is 354 g/mol. The number of benzene rings is 1. The maximum Gasteiger partial charge on any atom is 0.244 e. The monoisotopic (exact) mass is 367 g/mol. The lowest BCUT2D eigenvalue weighted by Crippen LogP contribution is -2.51. The molecule has 0 N–H and O–H groups in total. The summed E-state index contributed by atoms with van der Waals surface area (Å²) in [5.74, 6) is 0. The minimum absolute atomic E-state index is 0.131. The summed E-state index contributed by atoms with van der Waals surface area (Å²) < 4.78 is 32.3. The van der Waals surface area contributed by atoms with Crippen molar-refractivity contribution in [3.63, 3.8) is 0 Å². The molecular formula is C12H15BrClNO3S. The summed E-state index contributed by atoms with van der Waals surface area (Å²) in [6.07, 6.45) is -0.131. The first-order valence-corrected chi connectivity index (χ1v) is 8.84. The van der Waals surface area contributed by atoms with Gasteiger partial charge in [0.1, 0.15) is 4.90 Å². The van der Waals surface area contributed by atoms with Crippen LogP contribution < -0.4 is 0 Å². The lowest BCUT2D eigenvalue weighted by molar-refractivity contribution is -0.0139. The van der Waals surface area contributed by atoms with E-state index in [2.05, 4.69) is 15.9 Å². The Kier molecular flexibility index (Phi) is 4.89. The maximum absolute atomic E-state index is 12.7. The van der Waals surface area contributed by atoms with E-state index in [-0.39, 0.29) is 22.1 Å². The molecule has 1 aromatic rings. The smallest absolute Gasteiger partial charge is 0.244 e. The normalized spacial score (nSPS) is 25.4. The summed E-state index contributed by atoms with van der Waals surface area (Å²) in [5.41, 5.74) is 0. The van der Waals surface area contributed by atoms with E-state index in [1.165, 1.54) is 10.4 Å². The van der Waals surface area contributed by atoms with Gasteiger partial charge in [0, 0.05) is 17.9 Å². The van der Waals surface area contributed by atoms with Crippen LogP contribution in [0.15, 0.2) is 29.2 Å². The highest BCUT2D eigenvalue weighted by Crippen LogP contribution is 2.27. The number of sulfonamides is 1. The van der Waals surface area contributed by atoms with E-state index in [0.717, 1.165) is 0 Å². The first kappa shape index (κ1) is 15.3. The number of hydrogen-bond acceptors (Lipinski definition) is 3. The maximum atomic E-state index is 12.7. The van der Waals surface area contributed by atoms with Crippen LogP contribution >= 0.6 is 27.5 Å². The molecule has 1 aliphatic rings. The lowest BCUT2D eigenvalue weighted by Gasteiger charge is -2.36. The van der Waals surface area contributed by atoms with Gasteiger partial charge in [0.15, 0.2) is 0 Å². The van der Waals surface area contributed by atoms with E-state index in [4.69, 9.17) is 16.3 Å². The van der Waals surface area contributed by atoms with Crippen molar-refractivity contribution in [3.05, 3.63) is 29.3 Å². The Bertz CT molecular complexity index is 552. The molecule has 1 aromatic carbocycles. The van der Waals surface area contributed by atoms with E-state index in [1.807, 2.05) is 6.92 Å². The third kappa shape index (κ3) is 3.13. The molecule has 1 saturated heterocycles. The fourth-order valence-corrected chi connectivity index (χ4v) is 4.54. The fourth-order valence-electron chi connectivity index (χ4n) is 2.00. The third-order valence-electron chi connectivity index (χ3n) is 3.04. The fraction of sp³-hybridized carbons (Fsp3) is 0.500. The molecule has 7 heteroatoms. The van der Waals surface area contributed by atoms with E-state index in [9.17, 15) is 8.42 Å². The molecule has 1 heterocycles. The zero-order valence-corrected chi connectivity index (χ0v) is 13.6. The van der Waals surface area contributed by atoms with Crippen molar-refractivity contribution < 1.29 is 13.2 Å². The first-order chi connectivity index (χ1) is 8.96. The van der Waals surface area contributed by atoms with Gasteiger partial charge in [0.25, 0.3) is 0 Å². The van der Waals surface area contributed by atoms with Gasteiger partial charge in [-0.2, -0.15) is 4.31 Å². The third-order valence-corrected chi connectivity index (χ3v) is 6.25. The van der Waals surface area contributed by atoms with Crippen molar-refractivity contribution in [2.45, 2.75) is 24.0 Å². The Morgan fingerprint density at radius 3 is 2.79 bits per heavy atom. The number of halogens is 2. The molecule has 0 amide bonds. The number of nitrogens with zero attached hydrogens (tertiary/aromatic N) is 1. The minimum atomic E-state index is -3.58. The highest BCUT2D eigenvalue weighted by Gasteiger charge is 2.36. The van der Waals surface area contributed by atoms with Gasteiger partial charge in [-0.3, -0.25) is 0 Å². The Balaban J connectivity index is 2.36. The van der Waals surface area contributed by atoms with Gasteiger partial charge in [-0.25, -0.2) is 8.42 Å². The molecule has 2 rings (SSSR count). The Morgan fingerprint density at radius 1 is 1.47 bits per heavy atom. The van der Waals surface area contributed by atoms with Gasteiger partial charge in [0.2, 0.25) is 10.0 Å². The van der Waals surface area contributed by atoms with Crippen LogP contribution in [0.3, 0.4) is 0 Å². The second-order valence-corrected chi connectivity index (χ2v) is 7.38. The van der Waals surface area contributed by atoms with Crippen LogP contribution in [0.2, 0.25) is 5.02 Å². The van der Waals surface area contributed by atoms with Gasteiger partial charge in [-0.15, -0.1) is 0 Å². The molecule has 19 heavy (non-hydrogen) atoms. The quantitative estimate of drug-likeness (QED) is 0.770. The standard InChI is InChI=1S/C12H15BrClNO3S/c1-9-8-18-10(6-13)7-15(9)19(16,17)12-5-3-2-4-11(12)14/h2-5,9-10H,6-8H2,1H3. The second kappa shape index (κ2) is 6.10. The van der Waals surface area contributed by atoms with Gasteiger partial charge in [-0.1, -0.05) is 39.7 Å². The summed E-state index contributed by atoms with van der Waals surface area (Å²) in [5, 5.41) is 0.852. The zero-order valence-electron chi connectivity index (χ0n) is 10.4. The minimum Gasteiger partial charge on any atom is -0.374 e. The zero-order chi connectivity index (χ0) is 14.0. The molecule has 106 valence electrons. The molecule has 0 spiro atoms. The summed E-state index contributed by atoms with van der Waals surface area (Å²) in [6, 6.07) is 6.30. The van der Waals surface area contributed by atoms with Crippen molar-refractivity contribution in [2.75, 3.05) is 18.5 Å². The topological polar surface area (TPSA) is 46.6 Å². The Hall–Kier alpha value is -0.140. The van der Waals surface area contributed by atoms with Crippen LogP contribution in [0, 0.1) is 0 Å². The van der Waals surface area contributed by atoms with Crippen LogP contribution in [-0.4, -0.2) is 43.4 Å². The summed E-state index contributed by atoms with van der Waals surface area (Å²) in [6.45, 7) is 2.55. The molecule has 0 saturated carbocycles. The molecule has 2 unspecified atom stereocenters. The van der Waals surface area contributed by atoms with Crippen molar-refractivity contribution in [1.29, 1.82) is 0 Å². The molecule has 1 fully saturated rings. The number of hydrogen-bond donors (Lipinski definition) is 0. The average molecular weight is 369 g/mol. The summed E-state index contributed by atoms with van der Waals surface area (Å²) in [4.78, 5) is 0.152. The van der Waals surface area contributed by atoms with Crippen molar-refractivity contribution >= 4 is 37.6 Å². The van der Waals surface area contributed by atoms with E-state index >= 15 is 0 Å². The number of alkyl halides is 1. The van der Waals surface area contributed by atoms with Crippen molar-refractivity contribution in [3.8, 4) is 0 Å². The van der Waals surface area contributed by atoms with E-state index in [1.54, 1.807) is 18.2 Å². The number of morpholine rings is 1. The molecule has 0 bridgehead atoms. The van der Waals surface area contributed by atoms with E-state index in [0.29, 0.717) is 18.5 Å². The highest BCUT2D eigenvalue weighted by molar-refractivity contribution is 9.09. The van der Waals surface area contributed by atoms with Gasteiger partial charge in [0.05, 0.1) is 17.7 Å². The largest absolute Gasteiger partial charge is 0.374 e. The summed E-state index contributed by atoms with van der Waals surface area (Å²) >= 11 is 9.32. The molecule has 2 atom stereocenters. The van der Waals surface area contributed by atoms with Gasteiger partial charge < -0.3 is 4.74 Å². The first-order valence-electron chi connectivity index (χ1n) is 5.90. The van der Waals surface area contributed by atoms with Crippen molar-refractivity contribution in [1.82, 2.24) is 4.31 Å². The van der Waals surface area contributed by atoms with Crippen LogP contribution in [0.4, 0.5) is 0 Å². The van der Waals surface area contributed by atoms with Gasteiger partial charge in [-0.05, 0) is 19.1 Å². The SMILES string of the molecule is CC1COC(CBr)CN1S(=O)(=O)c1ccccc1Cl. The second-order valence-electron chi connectivity index (χ2n) is 4.46. The molecule has 0 aliphatic carbocycles. The molecule has 1 aliphatic heterocycles. The Labute approximate surface area is 126 Å². The predicted octanol–water partition coefficient (Wildman–Crippen LogP) is 2.51. The number of rotatable bonds is 3. The Morgan fingerprint density at radius 2 is 2.16 bits per heavy atom. The predicted molar refractivity (Wildman–Crippen MR) is 78.3 cm³/mol. The van der Waals surface area contributed by atoms with Crippen molar-refractivity contribution in [2.24, 2.45) is 0 Å². The van der Waals surface area contributed by atoms with E-state index < -0.39 is 10.0 Å².